The molecule has 0 atom stereocenters. The van der Waals surface area contributed by atoms with Gasteiger partial charge >= 0.3 is 0 Å². The molecule has 0 aliphatic rings. The summed E-state index contributed by atoms with van der Waals surface area (Å²) in [4.78, 5) is 23.5. The van der Waals surface area contributed by atoms with Crippen LogP contribution in [0.15, 0.2) is 54.6 Å². The zero-order valence-electron chi connectivity index (χ0n) is 13.4. The van der Waals surface area contributed by atoms with Gasteiger partial charge in [0.05, 0.1) is 0 Å². The summed E-state index contributed by atoms with van der Waals surface area (Å²) in [6, 6.07) is 15.3. The average molecular weight is 328 g/mol. The lowest BCUT2D eigenvalue weighted by molar-refractivity contribution is -0.121. The summed E-state index contributed by atoms with van der Waals surface area (Å²) < 4.78 is 13.0. The second-order valence-corrected chi connectivity index (χ2v) is 5.46. The van der Waals surface area contributed by atoms with E-state index in [9.17, 15) is 14.0 Å². The van der Waals surface area contributed by atoms with Crippen LogP contribution in [0.5, 0.6) is 0 Å². The lowest BCUT2D eigenvalue weighted by atomic mass is 10.1. The maximum absolute atomic E-state index is 13.0. The van der Waals surface area contributed by atoms with Gasteiger partial charge in [-0.15, -0.1) is 0 Å². The SMILES string of the molecule is O=C(CCCNC(=O)c1ccccc1)NCCc1cccc(F)c1. The fraction of sp³-hybridized carbons (Fsp3) is 0.263. The minimum absolute atomic E-state index is 0.0691. The van der Waals surface area contributed by atoms with Gasteiger partial charge in [-0.2, -0.15) is 0 Å². The summed E-state index contributed by atoms with van der Waals surface area (Å²) in [5, 5.41) is 5.58. The van der Waals surface area contributed by atoms with E-state index >= 15 is 0 Å². The molecule has 0 spiro atoms. The van der Waals surface area contributed by atoms with Crippen LogP contribution in [0.4, 0.5) is 4.39 Å². The van der Waals surface area contributed by atoms with Gasteiger partial charge in [0, 0.05) is 25.1 Å². The summed E-state index contributed by atoms with van der Waals surface area (Å²) in [6.07, 6.45) is 1.51. The molecule has 2 amide bonds. The molecule has 0 radical (unpaired) electrons. The summed E-state index contributed by atoms with van der Waals surface area (Å²) in [6.45, 7) is 0.920. The zero-order valence-corrected chi connectivity index (χ0v) is 13.4. The Morgan fingerprint density at radius 2 is 1.71 bits per heavy atom. The van der Waals surface area contributed by atoms with Crippen molar-refractivity contribution in [2.24, 2.45) is 0 Å². The predicted molar refractivity (Wildman–Crippen MR) is 91.1 cm³/mol. The van der Waals surface area contributed by atoms with Crippen LogP contribution in [0.2, 0.25) is 0 Å². The first kappa shape index (κ1) is 17.7. The molecule has 126 valence electrons. The smallest absolute Gasteiger partial charge is 0.251 e. The van der Waals surface area contributed by atoms with Crippen molar-refractivity contribution >= 4 is 11.8 Å². The Morgan fingerprint density at radius 3 is 2.46 bits per heavy atom. The summed E-state index contributed by atoms with van der Waals surface area (Å²) in [5.41, 5.74) is 1.46. The van der Waals surface area contributed by atoms with Crippen LogP contribution in [0, 0.1) is 5.82 Å². The Kier molecular flexibility index (Phi) is 6.95. The molecule has 2 N–H and O–H groups in total. The number of rotatable bonds is 8. The number of halogens is 1. The number of carbonyl (C=O) groups is 2. The van der Waals surface area contributed by atoms with E-state index in [0.717, 1.165) is 5.56 Å². The molecule has 4 nitrogen and oxygen atoms in total. The van der Waals surface area contributed by atoms with E-state index in [1.54, 1.807) is 30.3 Å². The molecule has 0 aliphatic carbocycles. The van der Waals surface area contributed by atoms with Crippen molar-refractivity contribution in [1.29, 1.82) is 0 Å². The number of carbonyl (C=O) groups excluding carboxylic acids is 2. The van der Waals surface area contributed by atoms with Crippen LogP contribution in [0.25, 0.3) is 0 Å². The highest BCUT2D eigenvalue weighted by Gasteiger charge is 2.05. The van der Waals surface area contributed by atoms with Crippen LogP contribution >= 0.6 is 0 Å². The molecule has 0 unspecified atom stereocenters. The zero-order chi connectivity index (χ0) is 17.2. The van der Waals surface area contributed by atoms with Crippen molar-refractivity contribution in [2.75, 3.05) is 13.1 Å². The minimum atomic E-state index is -0.270. The molecule has 0 saturated carbocycles. The van der Waals surface area contributed by atoms with Gasteiger partial charge in [0.25, 0.3) is 5.91 Å². The molecule has 2 aromatic carbocycles. The van der Waals surface area contributed by atoms with Gasteiger partial charge in [0.1, 0.15) is 5.82 Å². The van der Waals surface area contributed by atoms with Gasteiger partial charge in [-0.25, -0.2) is 4.39 Å². The molecule has 5 heteroatoms. The van der Waals surface area contributed by atoms with Gasteiger partial charge in [-0.1, -0.05) is 30.3 Å². The molecule has 0 bridgehead atoms. The van der Waals surface area contributed by atoms with E-state index in [4.69, 9.17) is 0 Å². The highest BCUT2D eigenvalue weighted by Crippen LogP contribution is 2.03. The van der Waals surface area contributed by atoms with Gasteiger partial charge in [0.2, 0.25) is 5.91 Å². The third kappa shape index (κ3) is 6.20. The topological polar surface area (TPSA) is 58.2 Å². The average Bonchev–Trinajstić information content (AvgIpc) is 2.59. The molecule has 0 heterocycles. The Morgan fingerprint density at radius 1 is 0.917 bits per heavy atom. The van der Waals surface area contributed by atoms with E-state index in [0.29, 0.717) is 37.9 Å². The quantitative estimate of drug-likeness (QED) is 0.732. The Bertz CT molecular complexity index is 674. The molecule has 0 fully saturated rings. The Balaban J connectivity index is 1.57. The van der Waals surface area contributed by atoms with E-state index in [-0.39, 0.29) is 17.6 Å². The molecule has 24 heavy (non-hydrogen) atoms. The molecule has 2 rings (SSSR count). The Hall–Kier alpha value is -2.69. The second kappa shape index (κ2) is 9.45. The third-order valence-corrected chi connectivity index (χ3v) is 3.53. The monoisotopic (exact) mass is 328 g/mol. The van der Waals surface area contributed by atoms with Crippen molar-refractivity contribution in [3.05, 3.63) is 71.5 Å². The predicted octanol–water partition coefficient (Wildman–Crippen LogP) is 2.69. The summed E-state index contributed by atoms with van der Waals surface area (Å²) in [7, 11) is 0. The molecule has 2 aromatic rings. The fourth-order valence-electron chi connectivity index (χ4n) is 2.27. The van der Waals surface area contributed by atoms with Gasteiger partial charge < -0.3 is 10.6 Å². The second-order valence-electron chi connectivity index (χ2n) is 5.46. The minimum Gasteiger partial charge on any atom is -0.356 e. The number of nitrogens with one attached hydrogen (secondary N) is 2. The van der Waals surface area contributed by atoms with Gasteiger partial charge in [-0.05, 0) is 42.7 Å². The lowest BCUT2D eigenvalue weighted by Gasteiger charge is -2.07. The van der Waals surface area contributed by atoms with E-state index in [1.807, 2.05) is 12.1 Å². The standard InChI is InChI=1S/C19H21FN2O2/c20-17-9-4-6-15(14-17)11-13-21-18(23)10-5-12-22-19(24)16-7-2-1-3-8-16/h1-4,6-9,14H,5,10-13H2,(H,21,23)(H,22,24). The van der Waals surface area contributed by atoms with Crippen molar-refractivity contribution in [3.63, 3.8) is 0 Å². The summed E-state index contributed by atoms with van der Waals surface area (Å²) >= 11 is 0. The van der Waals surface area contributed by atoms with Crippen LogP contribution in [0.1, 0.15) is 28.8 Å². The fourth-order valence-corrected chi connectivity index (χ4v) is 2.27. The van der Waals surface area contributed by atoms with Crippen molar-refractivity contribution in [2.45, 2.75) is 19.3 Å². The lowest BCUT2D eigenvalue weighted by Crippen LogP contribution is -2.28. The van der Waals surface area contributed by atoms with Crippen molar-refractivity contribution < 1.29 is 14.0 Å². The molecule has 0 aliphatic heterocycles. The molecular formula is C19H21FN2O2. The van der Waals surface area contributed by atoms with Gasteiger partial charge in [-0.3, -0.25) is 9.59 Å². The first-order chi connectivity index (χ1) is 11.6. The van der Waals surface area contributed by atoms with Crippen molar-refractivity contribution in [1.82, 2.24) is 10.6 Å². The number of amides is 2. The molecule has 0 saturated heterocycles. The highest BCUT2D eigenvalue weighted by atomic mass is 19.1. The van der Waals surface area contributed by atoms with Crippen LogP contribution in [-0.2, 0) is 11.2 Å². The summed E-state index contributed by atoms with van der Waals surface area (Å²) in [5.74, 6) is -0.476. The van der Waals surface area contributed by atoms with E-state index in [1.165, 1.54) is 12.1 Å². The normalized spacial score (nSPS) is 10.2. The highest BCUT2D eigenvalue weighted by molar-refractivity contribution is 5.94. The van der Waals surface area contributed by atoms with Crippen molar-refractivity contribution in [3.8, 4) is 0 Å². The molecule has 0 aromatic heterocycles. The number of hydrogen-bond acceptors (Lipinski definition) is 2. The van der Waals surface area contributed by atoms with Gasteiger partial charge in [0.15, 0.2) is 0 Å². The maximum Gasteiger partial charge on any atom is 0.251 e. The van der Waals surface area contributed by atoms with Crippen LogP contribution in [-0.4, -0.2) is 24.9 Å². The van der Waals surface area contributed by atoms with Crippen LogP contribution in [0.3, 0.4) is 0 Å². The molecular weight excluding hydrogens is 307 g/mol. The largest absolute Gasteiger partial charge is 0.356 e. The van der Waals surface area contributed by atoms with E-state index in [2.05, 4.69) is 10.6 Å². The maximum atomic E-state index is 13.0. The third-order valence-electron chi connectivity index (χ3n) is 3.53. The Labute approximate surface area is 141 Å². The van der Waals surface area contributed by atoms with E-state index < -0.39 is 0 Å². The van der Waals surface area contributed by atoms with Crippen LogP contribution < -0.4 is 10.6 Å². The number of hydrogen-bond donors (Lipinski definition) is 2. The first-order valence-electron chi connectivity index (χ1n) is 7.99. The first-order valence-corrected chi connectivity index (χ1v) is 7.99. The number of benzene rings is 2.